The highest BCUT2D eigenvalue weighted by Gasteiger charge is 2.61. The number of likely N-dealkylation sites (N-methyl/N-ethyl adjacent to an activating group) is 1. The van der Waals surface area contributed by atoms with Gasteiger partial charge < -0.3 is 10.2 Å². The van der Waals surface area contributed by atoms with E-state index < -0.39 is 0 Å². The average molecular weight is 553 g/mol. The summed E-state index contributed by atoms with van der Waals surface area (Å²) in [6.45, 7) is 7.91. The lowest BCUT2D eigenvalue weighted by Gasteiger charge is -2.30. The smallest absolute Gasteiger partial charge is 0.254 e. The average Bonchev–Trinajstić information content (AvgIpc) is 3.94. The molecule has 41 heavy (non-hydrogen) atoms. The fourth-order valence-corrected chi connectivity index (χ4v) is 7.07. The number of amides is 1. The predicted molar refractivity (Wildman–Crippen MR) is 172 cm³/mol. The van der Waals surface area contributed by atoms with Crippen LogP contribution in [0.3, 0.4) is 0 Å². The number of carbonyl (C=O) groups is 1. The quantitative estimate of drug-likeness (QED) is 0.248. The number of hydrogen-bond acceptors (Lipinski definition) is 3. The molecule has 2 saturated carbocycles. The molecule has 0 spiro atoms. The van der Waals surface area contributed by atoms with E-state index >= 15 is 0 Å². The lowest BCUT2D eigenvalue weighted by Crippen LogP contribution is -2.37. The van der Waals surface area contributed by atoms with Crippen LogP contribution in [0.2, 0.25) is 0 Å². The molecule has 1 radical (unpaired) electrons. The van der Waals surface area contributed by atoms with Gasteiger partial charge in [0.15, 0.2) is 0 Å². The SMILES string of the molecule is C#Cc1ccc2c(c1)CN(C(=O)C1=C(C3=C[CH]3)C3CC3(NC)C(C(=C)CCC3CCCCC3)=C1)C2.CCCCC#N.[HH].[HH].[HH]. The van der Waals surface area contributed by atoms with Crippen molar-refractivity contribution in [2.24, 2.45) is 11.8 Å². The summed E-state index contributed by atoms with van der Waals surface area (Å²) in [5.41, 5.74) is 9.01. The first-order chi connectivity index (χ1) is 19.9. The lowest BCUT2D eigenvalue weighted by molar-refractivity contribution is -0.127. The number of benzene rings is 1. The molecular weight excluding hydrogens is 502 g/mol. The zero-order valence-electron chi connectivity index (χ0n) is 24.9. The maximum atomic E-state index is 14.0. The van der Waals surface area contributed by atoms with Crippen LogP contribution in [-0.4, -0.2) is 23.4 Å². The molecule has 0 aromatic heterocycles. The summed E-state index contributed by atoms with van der Waals surface area (Å²) < 4.78 is 0. The van der Waals surface area contributed by atoms with Crippen LogP contribution in [0.15, 0.2) is 64.8 Å². The summed E-state index contributed by atoms with van der Waals surface area (Å²) in [7, 11) is 2.07. The maximum Gasteiger partial charge on any atom is 0.254 e. The number of terminal acetylenes is 1. The molecule has 2 unspecified atom stereocenters. The standard InChI is InChI=1S/C32H35N2O.C5H9N.3H2/c1-4-22-12-13-25-19-34(20-26(25)16-22)31(35)27-17-28(21(2)10-11-23-8-6-5-7-9-23)32(33-3)18-29(32)30(27)24-14-15-24;1-2-3-4-5-6;;;/h1,12-17,23,29,33H,2,5-11,18-20H2,3H3;2-4H2,1H3;3*1H. The number of unbranched alkanes of at least 4 members (excludes halogenated alkanes) is 2. The van der Waals surface area contributed by atoms with Crippen molar-refractivity contribution in [3.8, 4) is 18.4 Å². The molecule has 2 atom stereocenters. The van der Waals surface area contributed by atoms with Crippen molar-refractivity contribution in [2.45, 2.75) is 96.2 Å². The normalized spacial score (nSPS) is 24.1. The molecule has 1 aromatic rings. The van der Waals surface area contributed by atoms with Gasteiger partial charge >= 0.3 is 0 Å². The van der Waals surface area contributed by atoms with Crippen LogP contribution in [-0.2, 0) is 17.9 Å². The Morgan fingerprint density at radius 3 is 2.63 bits per heavy atom. The summed E-state index contributed by atoms with van der Waals surface area (Å²) in [4.78, 5) is 16.0. The summed E-state index contributed by atoms with van der Waals surface area (Å²) in [5, 5.41) is 11.6. The van der Waals surface area contributed by atoms with Gasteiger partial charge in [0.05, 0.1) is 11.6 Å². The van der Waals surface area contributed by atoms with Crippen molar-refractivity contribution >= 4 is 5.91 Å². The summed E-state index contributed by atoms with van der Waals surface area (Å²) in [6.07, 6.45) is 25.2. The molecule has 0 bridgehead atoms. The van der Waals surface area contributed by atoms with Crippen molar-refractivity contribution in [3.05, 3.63) is 87.9 Å². The van der Waals surface area contributed by atoms with Crippen LogP contribution in [0, 0.1) is 41.9 Å². The minimum atomic E-state index is -0.0598. The van der Waals surface area contributed by atoms with Crippen LogP contribution in [0.4, 0.5) is 0 Å². The van der Waals surface area contributed by atoms with Crippen molar-refractivity contribution in [1.29, 1.82) is 5.26 Å². The Kier molecular flexibility index (Phi) is 9.01. The molecule has 1 heterocycles. The molecule has 1 amide bonds. The molecule has 1 aromatic carbocycles. The number of nitrogens with zero attached hydrogens (tertiary/aromatic N) is 2. The zero-order valence-corrected chi connectivity index (χ0v) is 24.9. The number of fused-ring (bicyclic) bond motifs is 2. The van der Waals surface area contributed by atoms with Gasteiger partial charge in [-0.15, -0.1) is 6.42 Å². The van der Waals surface area contributed by atoms with Crippen LogP contribution in [0.1, 0.15) is 98.5 Å². The second kappa shape index (κ2) is 12.7. The van der Waals surface area contributed by atoms with Crippen molar-refractivity contribution < 1.29 is 9.07 Å². The van der Waals surface area contributed by atoms with Crippen LogP contribution in [0.25, 0.3) is 0 Å². The minimum Gasteiger partial charge on any atom is -0.330 e. The van der Waals surface area contributed by atoms with Gasteiger partial charge in [0.1, 0.15) is 0 Å². The molecule has 4 aliphatic carbocycles. The van der Waals surface area contributed by atoms with Crippen LogP contribution >= 0.6 is 0 Å². The molecular formula is C37H50N3O. The third-order valence-electron chi connectivity index (χ3n) is 9.67. The van der Waals surface area contributed by atoms with Crippen LogP contribution in [0.5, 0.6) is 0 Å². The van der Waals surface area contributed by atoms with E-state index in [1.54, 1.807) is 0 Å². The Morgan fingerprint density at radius 2 is 2.00 bits per heavy atom. The Hall–Kier alpha value is -3.34. The highest BCUT2D eigenvalue weighted by Crippen LogP contribution is 2.61. The summed E-state index contributed by atoms with van der Waals surface area (Å²) in [5.74, 6) is 4.03. The van der Waals surface area contributed by atoms with Crippen LogP contribution < -0.4 is 5.32 Å². The van der Waals surface area contributed by atoms with E-state index in [1.807, 2.05) is 11.0 Å². The van der Waals surface area contributed by atoms with Gasteiger partial charge in [-0.2, -0.15) is 5.26 Å². The number of nitrogens with one attached hydrogen (secondary N) is 1. The largest absolute Gasteiger partial charge is 0.330 e. The molecule has 5 aliphatic rings. The third kappa shape index (κ3) is 6.14. The van der Waals surface area contributed by atoms with E-state index in [0.717, 1.165) is 49.2 Å². The van der Waals surface area contributed by atoms with Gasteiger partial charge in [-0.25, -0.2) is 0 Å². The summed E-state index contributed by atoms with van der Waals surface area (Å²) >= 11 is 0. The van der Waals surface area contributed by atoms with Gasteiger partial charge in [0.2, 0.25) is 0 Å². The molecule has 1 aliphatic heterocycles. The van der Waals surface area contributed by atoms with Crippen molar-refractivity contribution in [1.82, 2.24) is 10.2 Å². The summed E-state index contributed by atoms with van der Waals surface area (Å²) in [6, 6.07) is 8.17. The highest BCUT2D eigenvalue weighted by molar-refractivity contribution is 6.00. The first kappa shape index (κ1) is 29.2. The number of nitriles is 1. The first-order valence-electron chi connectivity index (χ1n) is 15.6. The van der Waals surface area contributed by atoms with Gasteiger partial charge in [0, 0.05) is 47.3 Å². The van der Waals surface area contributed by atoms with E-state index in [2.05, 4.69) is 68.6 Å². The maximum absolute atomic E-state index is 14.0. The van der Waals surface area contributed by atoms with E-state index in [0.29, 0.717) is 19.0 Å². The predicted octanol–water partition coefficient (Wildman–Crippen LogP) is 8.22. The molecule has 4 heteroatoms. The second-order valence-electron chi connectivity index (χ2n) is 12.3. The highest BCUT2D eigenvalue weighted by atomic mass is 16.2. The van der Waals surface area contributed by atoms with Gasteiger partial charge in [-0.3, -0.25) is 4.79 Å². The van der Waals surface area contributed by atoms with E-state index in [4.69, 9.17) is 11.7 Å². The van der Waals surface area contributed by atoms with Gasteiger partial charge in [-0.05, 0) is 84.7 Å². The topological polar surface area (TPSA) is 56.1 Å². The monoisotopic (exact) mass is 552 g/mol. The van der Waals surface area contributed by atoms with Gasteiger partial charge in [0.25, 0.3) is 5.91 Å². The Morgan fingerprint density at radius 1 is 1.24 bits per heavy atom. The number of carbonyl (C=O) groups excluding carboxylic acids is 1. The zero-order chi connectivity index (χ0) is 29.0. The van der Waals surface area contributed by atoms with Gasteiger partial charge in [-0.1, -0.05) is 75.7 Å². The van der Waals surface area contributed by atoms with Crippen molar-refractivity contribution in [2.75, 3.05) is 7.05 Å². The van der Waals surface area contributed by atoms with Crippen molar-refractivity contribution in [3.63, 3.8) is 0 Å². The number of allylic oxidation sites excluding steroid dienone is 2. The molecule has 1 N–H and O–H groups in total. The fraction of sp³-hybridized carbons (Fsp3) is 0.486. The molecule has 219 valence electrons. The molecule has 2 fully saturated rings. The molecule has 0 saturated heterocycles. The Balaban J connectivity index is 0.000000686. The van der Waals surface area contributed by atoms with E-state index in [9.17, 15) is 4.79 Å². The van der Waals surface area contributed by atoms with E-state index in [-0.39, 0.29) is 15.7 Å². The second-order valence-corrected chi connectivity index (χ2v) is 12.3. The Bertz CT molecular complexity index is 1390. The molecule has 4 nitrogen and oxygen atoms in total. The van der Waals surface area contributed by atoms with E-state index in [1.165, 1.54) is 71.9 Å². The number of rotatable bonds is 9. The Labute approximate surface area is 251 Å². The molecule has 6 rings (SSSR count). The minimum absolute atomic E-state index is 0. The number of hydrogen-bond donors (Lipinski definition) is 1. The first-order valence-corrected chi connectivity index (χ1v) is 15.6. The lowest BCUT2D eigenvalue weighted by atomic mass is 9.80. The fourth-order valence-electron chi connectivity index (χ4n) is 7.07. The third-order valence-corrected chi connectivity index (χ3v) is 9.67.